The van der Waals surface area contributed by atoms with E-state index in [1.54, 1.807) is 12.1 Å². The Morgan fingerprint density at radius 1 is 1.19 bits per heavy atom. The minimum absolute atomic E-state index is 0.253. The summed E-state index contributed by atoms with van der Waals surface area (Å²) in [5.41, 5.74) is 0. The second-order valence-corrected chi connectivity index (χ2v) is 6.15. The molecular formula is C19H31FN4O2. The average molecular weight is 366 g/mol. The molecular weight excluding hydrogens is 335 g/mol. The van der Waals surface area contributed by atoms with Crippen LogP contribution < -0.4 is 15.4 Å². The van der Waals surface area contributed by atoms with Crippen LogP contribution in [0.2, 0.25) is 0 Å². The molecule has 26 heavy (non-hydrogen) atoms. The standard InChI is InChI=1S/C19H31FN4O2/c1-2-21-19(22-9-3-11-24-12-15-25-16-13-24)23-10-4-14-26-18-7-5-17(20)6-8-18/h5-8H,2-4,9-16H2,1H3,(H2,21,22,23). The molecule has 0 atom stereocenters. The summed E-state index contributed by atoms with van der Waals surface area (Å²) < 4.78 is 23.8. The number of aliphatic imine (C=N–C) groups is 1. The number of halogens is 1. The highest BCUT2D eigenvalue weighted by Crippen LogP contribution is 2.11. The van der Waals surface area contributed by atoms with E-state index in [-0.39, 0.29) is 5.82 Å². The molecule has 1 aromatic carbocycles. The third kappa shape index (κ3) is 8.49. The van der Waals surface area contributed by atoms with Gasteiger partial charge in [-0.25, -0.2) is 4.39 Å². The second-order valence-electron chi connectivity index (χ2n) is 6.15. The number of nitrogens with zero attached hydrogens (tertiary/aromatic N) is 2. The van der Waals surface area contributed by atoms with Crippen molar-refractivity contribution in [3.05, 3.63) is 30.1 Å². The molecule has 0 aliphatic carbocycles. The predicted molar refractivity (Wildman–Crippen MR) is 102 cm³/mol. The Labute approximate surface area is 155 Å². The lowest BCUT2D eigenvalue weighted by Gasteiger charge is -2.26. The Morgan fingerprint density at radius 2 is 1.96 bits per heavy atom. The monoisotopic (exact) mass is 366 g/mol. The van der Waals surface area contributed by atoms with Gasteiger partial charge in [0.25, 0.3) is 0 Å². The van der Waals surface area contributed by atoms with Crippen molar-refractivity contribution in [2.75, 3.05) is 59.1 Å². The Balaban J connectivity index is 1.58. The summed E-state index contributed by atoms with van der Waals surface area (Å²) in [6, 6.07) is 6.08. The van der Waals surface area contributed by atoms with E-state index >= 15 is 0 Å². The van der Waals surface area contributed by atoms with Crippen LogP contribution in [0.3, 0.4) is 0 Å². The lowest BCUT2D eigenvalue weighted by Crippen LogP contribution is -2.40. The van der Waals surface area contributed by atoms with Crippen molar-refractivity contribution in [3.63, 3.8) is 0 Å². The summed E-state index contributed by atoms with van der Waals surface area (Å²) in [5, 5.41) is 6.63. The van der Waals surface area contributed by atoms with Gasteiger partial charge >= 0.3 is 0 Å². The lowest BCUT2D eigenvalue weighted by atomic mass is 10.3. The first-order valence-electron chi connectivity index (χ1n) is 9.48. The average Bonchev–Trinajstić information content (AvgIpc) is 2.67. The van der Waals surface area contributed by atoms with Gasteiger partial charge < -0.3 is 20.1 Å². The van der Waals surface area contributed by atoms with Gasteiger partial charge in [0, 0.05) is 39.1 Å². The summed E-state index contributed by atoms with van der Waals surface area (Å²) in [4.78, 5) is 7.00. The first-order chi connectivity index (χ1) is 12.8. The van der Waals surface area contributed by atoms with E-state index in [1.807, 2.05) is 0 Å². The molecule has 7 heteroatoms. The molecule has 2 rings (SSSR count). The molecule has 146 valence electrons. The molecule has 6 nitrogen and oxygen atoms in total. The molecule has 1 saturated heterocycles. The Morgan fingerprint density at radius 3 is 2.69 bits per heavy atom. The zero-order valence-electron chi connectivity index (χ0n) is 15.7. The van der Waals surface area contributed by atoms with Crippen LogP contribution in [-0.2, 0) is 4.74 Å². The topological polar surface area (TPSA) is 58.1 Å². The number of hydrogen-bond donors (Lipinski definition) is 2. The first-order valence-corrected chi connectivity index (χ1v) is 9.48. The quantitative estimate of drug-likeness (QED) is 0.376. The van der Waals surface area contributed by atoms with E-state index in [1.165, 1.54) is 12.1 Å². The van der Waals surface area contributed by atoms with Crippen molar-refractivity contribution >= 4 is 5.96 Å². The molecule has 2 N–H and O–H groups in total. The molecule has 1 aliphatic heterocycles. The molecule has 1 fully saturated rings. The normalized spacial score (nSPS) is 15.7. The third-order valence-corrected chi connectivity index (χ3v) is 4.05. The number of rotatable bonds is 10. The van der Waals surface area contributed by atoms with Crippen LogP contribution in [-0.4, -0.2) is 69.9 Å². The SMILES string of the molecule is CCNC(=NCCCOc1ccc(F)cc1)NCCCN1CCOCC1. The number of morpholine rings is 1. The highest BCUT2D eigenvalue weighted by atomic mass is 19.1. The fourth-order valence-corrected chi connectivity index (χ4v) is 2.65. The molecule has 0 saturated carbocycles. The van der Waals surface area contributed by atoms with Crippen LogP contribution in [0.15, 0.2) is 29.3 Å². The van der Waals surface area contributed by atoms with E-state index in [0.29, 0.717) is 18.9 Å². The molecule has 0 spiro atoms. The summed E-state index contributed by atoms with van der Waals surface area (Å²) >= 11 is 0. The number of guanidine groups is 1. The maximum atomic E-state index is 12.8. The van der Waals surface area contributed by atoms with Gasteiger partial charge in [-0.2, -0.15) is 0 Å². The van der Waals surface area contributed by atoms with Gasteiger partial charge in [-0.1, -0.05) is 0 Å². The zero-order valence-corrected chi connectivity index (χ0v) is 15.7. The van der Waals surface area contributed by atoms with Crippen LogP contribution in [0.4, 0.5) is 4.39 Å². The van der Waals surface area contributed by atoms with Gasteiger partial charge in [-0.3, -0.25) is 9.89 Å². The maximum Gasteiger partial charge on any atom is 0.191 e. The van der Waals surface area contributed by atoms with E-state index in [2.05, 4.69) is 27.4 Å². The maximum absolute atomic E-state index is 12.8. The van der Waals surface area contributed by atoms with E-state index in [9.17, 15) is 4.39 Å². The summed E-state index contributed by atoms with van der Waals surface area (Å²) in [6.45, 7) is 9.87. The van der Waals surface area contributed by atoms with Crippen molar-refractivity contribution in [3.8, 4) is 5.75 Å². The van der Waals surface area contributed by atoms with Crippen LogP contribution in [0.1, 0.15) is 19.8 Å². The van der Waals surface area contributed by atoms with Gasteiger partial charge in [-0.05, 0) is 44.2 Å². The Hall–Kier alpha value is -1.86. The van der Waals surface area contributed by atoms with Gasteiger partial charge in [0.2, 0.25) is 0 Å². The Bertz CT molecular complexity index is 519. The molecule has 0 amide bonds. The van der Waals surface area contributed by atoms with Gasteiger partial charge in [0.05, 0.1) is 19.8 Å². The van der Waals surface area contributed by atoms with Crippen molar-refractivity contribution in [2.45, 2.75) is 19.8 Å². The van der Waals surface area contributed by atoms with Crippen LogP contribution >= 0.6 is 0 Å². The lowest BCUT2D eigenvalue weighted by molar-refractivity contribution is 0.0376. The second kappa shape index (κ2) is 12.5. The molecule has 0 bridgehead atoms. The van der Waals surface area contributed by atoms with Crippen molar-refractivity contribution < 1.29 is 13.9 Å². The molecule has 1 aliphatic rings. The fourth-order valence-electron chi connectivity index (χ4n) is 2.65. The van der Waals surface area contributed by atoms with Gasteiger partial charge in [0.15, 0.2) is 5.96 Å². The Kier molecular flexibility index (Phi) is 9.82. The first kappa shape index (κ1) is 20.5. The van der Waals surface area contributed by atoms with E-state index in [4.69, 9.17) is 9.47 Å². The predicted octanol–water partition coefficient (Wildman–Crippen LogP) is 1.87. The number of ether oxygens (including phenoxy) is 2. The van der Waals surface area contributed by atoms with Crippen LogP contribution in [0.5, 0.6) is 5.75 Å². The van der Waals surface area contributed by atoms with Crippen molar-refractivity contribution in [1.82, 2.24) is 15.5 Å². The summed E-state index contributed by atoms with van der Waals surface area (Å²) in [7, 11) is 0. The van der Waals surface area contributed by atoms with E-state index in [0.717, 1.165) is 64.7 Å². The largest absolute Gasteiger partial charge is 0.494 e. The van der Waals surface area contributed by atoms with Crippen LogP contribution in [0, 0.1) is 5.82 Å². The summed E-state index contributed by atoms with van der Waals surface area (Å²) in [6.07, 6.45) is 1.89. The highest BCUT2D eigenvalue weighted by Gasteiger charge is 2.09. The molecule has 0 aromatic heterocycles. The van der Waals surface area contributed by atoms with E-state index < -0.39 is 0 Å². The number of benzene rings is 1. The third-order valence-electron chi connectivity index (χ3n) is 4.05. The molecule has 0 radical (unpaired) electrons. The highest BCUT2D eigenvalue weighted by molar-refractivity contribution is 5.79. The smallest absolute Gasteiger partial charge is 0.191 e. The number of hydrogen-bond acceptors (Lipinski definition) is 4. The molecule has 1 heterocycles. The molecule has 1 aromatic rings. The zero-order chi connectivity index (χ0) is 18.5. The van der Waals surface area contributed by atoms with Gasteiger partial charge in [0.1, 0.15) is 11.6 Å². The number of nitrogens with one attached hydrogen (secondary N) is 2. The molecule has 0 unspecified atom stereocenters. The van der Waals surface area contributed by atoms with Crippen molar-refractivity contribution in [2.24, 2.45) is 4.99 Å². The fraction of sp³-hybridized carbons (Fsp3) is 0.632. The minimum atomic E-state index is -0.253. The minimum Gasteiger partial charge on any atom is -0.494 e. The van der Waals surface area contributed by atoms with Gasteiger partial charge in [-0.15, -0.1) is 0 Å². The summed E-state index contributed by atoms with van der Waals surface area (Å²) in [5.74, 6) is 1.27. The van der Waals surface area contributed by atoms with Crippen LogP contribution in [0.25, 0.3) is 0 Å². The van der Waals surface area contributed by atoms with Crippen molar-refractivity contribution in [1.29, 1.82) is 0 Å².